The number of ether oxygens (including phenoxy) is 1. The molecule has 0 radical (unpaired) electrons. The van der Waals surface area contributed by atoms with Crippen molar-refractivity contribution in [2.24, 2.45) is 0 Å². The van der Waals surface area contributed by atoms with Crippen molar-refractivity contribution in [3.63, 3.8) is 0 Å². The maximum Gasteiger partial charge on any atom is 0.135 e. The summed E-state index contributed by atoms with van der Waals surface area (Å²) in [5.41, 5.74) is 7.03. The molecule has 0 saturated carbocycles. The molecule has 2 bridgehead atoms. The summed E-state index contributed by atoms with van der Waals surface area (Å²) in [6.45, 7) is 0. The van der Waals surface area contributed by atoms with Gasteiger partial charge in [-0.2, -0.15) is 0 Å². The van der Waals surface area contributed by atoms with Crippen LogP contribution < -0.4 is 15.3 Å². The van der Waals surface area contributed by atoms with E-state index in [1.54, 1.807) is 0 Å². The first-order chi connectivity index (χ1) is 19.8. The van der Waals surface area contributed by atoms with E-state index in [0.29, 0.717) is 0 Å². The fraction of sp³-hybridized carbons (Fsp3) is 0.0541. The second kappa shape index (κ2) is 10.9. The molecule has 7 rings (SSSR count). The Morgan fingerprint density at radius 1 is 0.525 bits per heavy atom. The topological polar surface area (TPSA) is 22.1 Å². The Labute approximate surface area is 236 Å². The number of hydrogen-bond acceptors (Lipinski definition) is 2. The third-order valence-corrected chi connectivity index (χ3v) is 10.4. The van der Waals surface area contributed by atoms with E-state index >= 15 is 0 Å². The lowest BCUT2D eigenvalue weighted by Crippen LogP contribution is -2.27. The van der Waals surface area contributed by atoms with Gasteiger partial charge in [0, 0.05) is 17.3 Å². The first kappa shape index (κ1) is 24.5. The molecule has 3 heteroatoms. The van der Waals surface area contributed by atoms with Crippen LogP contribution in [0.1, 0.15) is 22.9 Å². The summed E-state index contributed by atoms with van der Waals surface area (Å²) >= 11 is 0. The van der Waals surface area contributed by atoms with Crippen molar-refractivity contribution in [1.82, 2.24) is 4.98 Å². The standard InChI is InChI=1S/C37H28NOP/c1-4-12-29(13-5-1)36-37(40(31-14-6-2-7-15-31)32-16-8-3-9-17-32)30-23-24-33(35(26-30)39-36)27-19-21-28(22-20-27)34-18-10-11-25-38-34/h1-26,36-37H. The normalized spacial score (nSPS) is 15.9. The Bertz CT molecular complexity index is 1670. The zero-order chi connectivity index (χ0) is 26.7. The lowest BCUT2D eigenvalue weighted by atomic mass is 9.93. The predicted molar refractivity (Wildman–Crippen MR) is 167 cm³/mol. The predicted octanol–water partition coefficient (Wildman–Crippen LogP) is 8.72. The van der Waals surface area contributed by atoms with Crippen LogP contribution in [0.25, 0.3) is 22.4 Å². The Balaban J connectivity index is 1.34. The lowest BCUT2D eigenvalue weighted by Gasteiger charge is -2.39. The van der Waals surface area contributed by atoms with Crippen LogP contribution in [0.3, 0.4) is 0 Å². The molecule has 6 aromatic rings. The Morgan fingerprint density at radius 3 is 1.75 bits per heavy atom. The summed E-state index contributed by atoms with van der Waals surface area (Å²) in [6, 6.07) is 54.0. The maximum absolute atomic E-state index is 7.02. The van der Waals surface area contributed by atoms with E-state index in [1.165, 1.54) is 21.7 Å². The molecule has 2 nitrogen and oxygen atoms in total. The zero-order valence-corrected chi connectivity index (χ0v) is 22.9. The minimum atomic E-state index is -0.735. The van der Waals surface area contributed by atoms with Gasteiger partial charge in [-0.3, -0.25) is 4.98 Å². The fourth-order valence-corrected chi connectivity index (χ4v) is 8.50. The first-order valence-electron chi connectivity index (χ1n) is 13.6. The van der Waals surface area contributed by atoms with Gasteiger partial charge in [-0.05, 0) is 53.4 Å². The number of rotatable bonds is 6. The van der Waals surface area contributed by atoms with Crippen molar-refractivity contribution in [2.75, 3.05) is 0 Å². The van der Waals surface area contributed by atoms with Gasteiger partial charge in [-0.1, -0.05) is 133 Å². The lowest BCUT2D eigenvalue weighted by molar-refractivity contribution is 0.192. The van der Waals surface area contributed by atoms with Crippen molar-refractivity contribution in [3.05, 3.63) is 169 Å². The quantitative estimate of drug-likeness (QED) is 0.200. The molecule has 1 aromatic heterocycles. The van der Waals surface area contributed by atoms with Gasteiger partial charge in [0.2, 0.25) is 0 Å². The SMILES string of the molecule is c1ccc(C2Oc3cc(ccc3-c3ccc(-c4ccccn4)cc3)C2P(c2ccccc2)c2ccccc2)cc1. The Hall–Kier alpha value is -4.52. The van der Waals surface area contributed by atoms with Crippen LogP contribution in [0.5, 0.6) is 5.75 Å². The van der Waals surface area contributed by atoms with Crippen LogP contribution in [0, 0.1) is 0 Å². The number of nitrogens with zero attached hydrogens (tertiary/aromatic N) is 1. The monoisotopic (exact) mass is 533 g/mol. The summed E-state index contributed by atoms with van der Waals surface area (Å²) in [6.07, 6.45) is 1.73. The van der Waals surface area contributed by atoms with Crippen LogP contribution in [0.15, 0.2) is 158 Å². The fourth-order valence-electron chi connectivity index (χ4n) is 5.61. The minimum absolute atomic E-state index is 0.101. The van der Waals surface area contributed by atoms with Gasteiger partial charge in [0.15, 0.2) is 0 Å². The first-order valence-corrected chi connectivity index (χ1v) is 15.0. The maximum atomic E-state index is 7.02. The number of fused-ring (bicyclic) bond motifs is 2. The molecule has 40 heavy (non-hydrogen) atoms. The number of pyridine rings is 1. The molecule has 5 aromatic carbocycles. The molecule has 0 spiro atoms. The average molecular weight is 534 g/mol. The molecular formula is C37H28NOP. The molecule has 0 N–H and O–H groups in total. The molecule has 0 aliphatic carbocycles. The van der Waals surface area contributed by atoms with Crippen LogP contribution in [-0.2, 0) is 0 Å². The molecule has 0 fully saturated rings. The molecule has 1 aliphatic heterocycles. The summed E-state index contributed by atoms with van der Waals surface area (Å²) in [5, 5.41) is 2.71. The van der Waals surface area contributed by atoms with E-state index in [1.807, 2.05) is 24.4 Å². The van der Waals surface area contributed by atoms with Crippen molar-refractivity contribution >= 4 is 18.5 Å². The highest BCUT2D eigenvalue weighted by molar-refractivity contribution is 7.73. The molecule has 0 amide bonds. The van der Waals surface area contributed by atoms with Crippen LogP contribution in [-0.4, -0.2) is 4.98 Å². The molecule has 192 valence electrons. The van der Waals surface area contributed by atoms with Crippen molar-refractivity contribution in [3.8, 4) is 28.1 Å². The van der Waals surface area contributed by atoms with E-state index in [9.17, 15) is 0 Å². The third-order valence-electron chi connectivity index (χ3n) is 7.52. The highest BCUT2D eigenvalue weighted by Crippen LogP contribution is 2.59. The van der Waals surface area contributed by atoms with Crippen LogP contribution >= 0.6 is 7.92 Å². The summed E-state index contributed by atoms with van der Waals surface area (Å²) in [7, 11) is -0.735. The second-order valence-corrected chi connectivity index (χ2v) is 12.3. The third kappa shape index (κ3) is 4.72. The minimum Gasteiger partial charge on any atom is -0.484 e. The molecule has 0 saturated heterocycles. The highest BCUT2D eigenvalue weighted by atomic mass is 31.1. The van der Waals surface area contributed by atoms with Gasteiger partial charge in [0.1, 0.15) is 11.9 Å². The van der Waals surface area contributed by atoms with Crippen LogP contribution in [0.4, 0.5) is 0 Å². The second-order valence-electron chi connectivity index (χ2n) is 9.98. The number of benzene rings is 5. The molecule has 2 heterocycles. The van der Waals surface area contributed by atoms with Gasteiger partial charge in [0.05, 0.1) is 11.4 Å². The van der Waals surface area contributed by atoms with Crippen molar-refractivity contribution in [1.29, 1.82) is 0 Å². The largest absolute Gasteiger partial charge is 0.484 e. The molecule has 2 unspecified atom stereocenters. The van der Waals surface area contributed by atoms with Gasteiger partial charge in [-0.25, -0.2) is 0 Å². The number of hydrogen-bond donors (Lipinski definition) is 0. The van der Waals surface area contributed by atoms with E-state index in [4.69, 9.17) is 4.74 Å². The Kier molecular flexibility index (Phi) is 6.70. The van der Waals surface area contributed by atoms with Gasteiger partial charge in [0.25, 0.3) is 0 Å². The number of aromatic nitrogens is 1. The molecule has 2 atom stereocenters. The van der Waals surface area contributed by atoms with Gasteiger partial charge < -0.3 is 4.74 Å². The van der Waals surface area contributed by atoms with Crippen LogP contribution in [0.2, 0.25) is 0 Å². The van der Waals surface area contributed by atoms with E-state index < -0.39 is 7.92 Å². The summed E-state index contributed by atoms with van der Waals surface area (Å²) < 4.78 is 7.02. The summed E-state index contributed by atoms with van der Waals surface area (Å²) in [5.74, 6) is 0.935. The Morgan fingerprint density at radius 2 is 1.12 bits per heavy atom. The van der Waals surface area contributed by atoms with Crippen molar-refractivity contribution in [2.45, 2.75) is 11.8 Å². The average Bonchev–Trinajstić information content (AvgIpc) is 3.04. The van der Waals surface area contributed by atoms with Gasteiger partial charge >= 0.3 is 0 Å². The van der Waals surface area contributed by atoms with Crippen molar-refractivity contribution < 1.29 is 4.74 Å². The van der Waals surface area contributed by atoms with E-state index in [0.717, 1.165) is 28.1 Å². The molecule has 1 aliphatic rings. The van der Waals surface area contributed by atoms with E-state index in [2.05, 4.69) is 138 Å². The zero-order valence-electron chi connectivity index (χ0n) is 22.0. The summed E-state index contributed by atoms with van der Waals surface area (Å²) in [4.78, 5) is 4.50. The van der Waals surface area contributed by atoms with Gasteiger partial charge in [-0.15, -0.1) is 0 Å². The molecular weight excluding hydrogens is 505 g/mol. The van der Waals surface area contributed by atoms with E-state index in [-0.39, 0.29) is 11.8 Å². The highest BCUT2D eigenvalue weighted by Gasteiger charge is 2.39. The smallest absolute Gasteiger partial charge is 0.135 e.